The van der Waals surface area contributed by atoms with Gasteiger partial charge in [0, 0.05) is 31.0 Å². The van der Waals surface area contributed by atoms with E-state index in [1.54, 1.807) is 11.3 Å². The van der Waals surface area contributed by atoms with E-state index in [0.29, 0.717) is 19.4 Å². The van der Waals surface area contributed by atoms with Crippen LogP contribution in [-0.2, 0) is 20.7 Å². The van der Waals surface area contributed by atoms with Gasteiger partial charge in [0.25, 0.3) is 0 Å². The second kappa shape index (κ2) is 7.45. The van der Waals surface area contributed by atoms with Crippen LogP contribution in [0.5, 0.6) is 0 Å². The molecule has 126 valence electrons. The average molecular weight is 337 g/mol. The number of ether oxygens (including phenoxy) is 1. The SMILES string of the molecule is O=C(O)C1CCO[C@H]1C1CCN(C(=O)CCc2cccs2)CC1. The number of carboxylic acids is 1. The number of likely N-dealkylation sites (tertiary alicyclic amines) is 1. The fourth-order valence-corrected chi connectivity index (χ4v) is 4.37. The van der Waals surface area contributed by atoms with Crippen LogP contribution in [0.25, 0.3) is 0 Å². The molecule has 2 aliphatic heterocycles. The number of nitrogens with zero attached hydrogens (tertiary/aromatic N) is 1. The third kappa shape index (κ3) is 3.93. The lowest BCUT2D eigenvalue weighted by molar-refractivity contribution is -0.146. The summed E-state index contributed by atoms with van der Waals surface area (Å²) < 4.78 is 5.68. The Morgan fingerprint density at radius 1 is 1.30 bits per heavy atom. The van der Waals surface area contributed by atoms with E-state index in [0.717, 1.165) is 32.4 Å². The Labute approximate surface area is 140 Å². The van der Waals surface area contributed by atoms with E-state index in [1.807, 2.05) is 16.3 Å². The molecule has 6 heteroatoms. The Morgan fingerprint density at radius 2 is 2.09 bits per heavy atom. The summed E-state index contributed by atoms with van der Waals surface area (Å²) in [5, 5.41) is 11.3. The molecule has 1 amide bonds. The molecular weight excluding hydrogens is 314 g/mol. The summed E-state index contributed by atoms with van der Waals surface area (Å²) in [5.74, 6) is -0.651. The van der Waals surface area contributed by atoms with Gasteiger partial charge in [-0.1, -0.05) is 6.07 Å². The first-order valence-electron chi connectivity index (χ1n) is 8.29. The van der Waals surface area contributed by atoms with Gasteiger partial charge < -0.3 is 14.7 Å². The Hall–Kier alpha value is -1.40. The van der Waals surface area contributed by atoms with Crippen molar-refractivity contribution in [3.63, 3.8) is 0 Å². The summed E-state index contributed by atoms with van der Waals surface area (Å²) in [6.07, 6.45) is 3.50. The van der Waals surface area contributed by atoms with E-state index in [4.69, 9.17) is 4.74 Å². The topological polar surface area (TPSA) is 66.8 Å². The lowest BCUT2D eigenvalue weighted by Gasteiger charge is -2.35. The molecule has 0 aromatic carbocycles. The number of aryl methyl sites for hydroxylation is 1. The second-order valence-corrected chi connectivity index (χ2v) is 7.40. The van der Waals surface area contributed by atoms with E-state index >= 15 is 0 Å². The molecule has 2 fully saturated rings. The van der Waals surface area contributed by atoms with Gasteiger partial charge in [0.1, 0.15) is 0 Å². The van der Waals surface area contributed by atoms with Crippen molar-refractivity contribution in [1.82, 2.24) is 4.90 Å². The first-order valence-corrected chi connectivity index (χ1v) is 9.17. The van der Waals surface area contributed by atoms with Crippen LogP contribution < -0.4 is 0 Å². The molecule has 0 radical (unpaired) electrons. The van der Waals surface area contributed by atoms with Gasteiger partial charge in [-0.2, -0.15) is 0 Å². The standard InChI is InChI=1S/C17H23NO4S/c19-15(4-3-13-2-1-11-23-13)18-8-5-12(6-9-18)16-14(17(20)21)7-10-22-16/h1-2,11-12,14,16H,3-10H2,(H,20,21)/t14?,16-/m0/s1. The normalized spacial score (nSPS) is 25.7. The van der Waals surface area contributed by atoms with Gasteiger partial charge >= 0.3 is 5.97 Å². The maximum atomic E-state index is 12.3. The second-order valence-electron chi connectivity index (χ2n) is 6.37. The van der Waals surface area contributed by atoms with Crippen LogP contribution >= 0.6 is 11.3 Å². The summed E-state index contributed by atoms with van der Waals surface area (Å²) in [4.78, 5) is 26.8. The molecule has 0 spiro atoms. The highest BCUT2D eigenvalue weighted by Crippen LogP contribution is 2.33. The highest BCUT2D eigenvalue weighted by Gasteiger charge is 2.40. The summed E-state index contributed by atoms with van der Waals surface area (Å²) in [7, 11) is 0. The van der Waals surface area contributed by atoms with Crippen molar-refractivity contribution >= 4 is 23.2 Å². The number of aliphatic carboxylic acids is 1. The lowest BCUT2D eigenvalue weighted by atomic mass is 9.84. The summed E-state index contributed by atoms with van der Waals surface area (Å²) in [5.41, 5.74) is 0. The minimum Gasteiger partial charge on any atom is -0.481 e. The van der Waals surface area contributed by atoms with E-state index in [1.165, 1.54) is 4.88 Å². The van der Waals surface area contributed by atoms with Crippen molar-refractivity contribution in [3.05, 3.63) is 22.4 Å². The predicted octanol–water partition coefficient (Wildman–Crippen LogP) is 2.41. The van der Waals surface area contributed by atoms with Crippen LogP contribution in [0.1, 0.15) is 30.6 Å². The predicted molar refractivity (Wildman–Crippen MR) is 87.4 cm³/mol. The Morgan fingerprint density at radius 3 is 2.74 bits per heavy atom. The minimum absolute atomic E-state index is 0.170. The van der Waals surface area contributed by atoms with Crippen molar-refractivity contribution in [2.45, 2.75) is 38.2 Å². The number of rotatable bonds is 5. The number of hydrogen-bond donors (Lipinski definition) is 1. The first-order chi connectivity index (χ1) is 11.1. The number of carboxylic acid groups (broad SMARTS) is 1. The van der Waals surface area contributed by atoms with E-state index in [9.17, 15) is 14.7 Å². The zero-order valence-electron chi connectivity index (χ0n) is 13.1. The molecule has 1 unspecified atom stereocenters. The van der Waals surface area contributed by atoms with Crippen molar-refractivity contribution in [2.24, 2.45) is 11.8 Å². The molecule has 5 nitrogen and oxygen atoms in total. The molecule has 0 aliphatic carbocycles. The molecule has 1 aromatic rings. The molecule has 2 aliphatic rings. The fraction of sp³-hybridized carbons (Fsp3) is 0.647. The van der Waals surface area contributed by atoms with Crippen molar-refractivity contribution < 1.29 is 19.4 Å². The zero-order valence-corrected chi connectivity index (χ0v) is 14.0. The van der Waals surface area contributed by atoms with E-state index < -0.39 is 5.97 Å². The van der Waals surface area contributed by atoms with Crippen molar-refractivity contribution in [3.8, 4) is 0 Å². The number of hydrogen-bond acceptors (Lipinski definition) is 4. The third-order valence-corrected chi connectivity index (χ3v) is 5.91. The number of carbonyl (C=O) groups is 2. The van der Waals surface area contributed by atoms with Crippen LogP contribution in [0.15, 0.2) is 17.5 Å². The minimum atomic E-state index is -0.748. The van der Waals surface area contributed by atoms with E-state index in [2.05, 4.69) is 6.07 Å². The Kier molecular flexibility index (Phi) is 5.33. The fourth-order valence-electron chi connectivity index (χ4n) is 3.66. The first kappa shape index (κ1) is 16.5. The van der Waals surface area contributed by atoms with Gasteiger partial charge in [0.15, 0.2) is 0 Å². The monoisotopic (exact) mass is 337 g/mol. The van der Waals surface area contributed by atoms with Gasteiger partial charge in [-0.15, -0.1) is 11.3 Å². The molecule has 23 heavy (non-hydrogen) atoms. The molecule has 2 atom stereocenters. The van der Waals surface area contributed by atoms with Gasteiger partial charge in [-0.05, 0) is 43.0 Å². The van der Waals surface area contributed by atoms with E-state index in [-0.39, 0.29) is 23.8 Å². The van der Waals surface area contributed by atoms with Crippen LogP contribution in [0.3, 0.4) is 0 Å². The zero-order chi connectivity index (χ0) is 16.2. The maximum Gasteiger partial charge on any atom is 0.309 e. The van der Waals surface area contributed by atoms with Gasteiger partial charge in [-0.3, -0.25) is 9.59 Å². The van der Waals surface area contributed by atoms with Crippen LogP contribution in [0.2, 0.25) is 0 Å². The number of amides is 1. The lowest BCUT2D eigenvalue weighted by Crippen LogP contribution is -2.43. The van der Waals surface area contributed by atoms with Crippen molar-refractivity contribution in [1.29, 1.82) is 0 Å². The number of carbonyl (C=O) groups excluding carboxylic acids is 1. The summed E-state index contributed by atoms with van der Waals surface area (Å²) in [6.45, 7) is 1.99. The molecule has 1 N–H and O–H groups in total. The Balaban J connectivity index is 1.46. The Bertz CT molecular complexity index is 537. The highest BCUT2D eigenvalue weighted by atomic mass is 32.1. The molecule has 1 aromatic heterocycles. The summed E-state index contributed by atoms with van der Waals surface area (Å²) >= 11 is 1.69. The largest absolute Gasteiger partial charge is 0.481 e. The maximum absolute atomic E-state index is 12.3. The number of piperidine rings is 1. The number of thiophene rings is 1. The molecule has 3 rings (SSSR count). The quantitative estimate of drug-likeness (QED) is 0.896. The average Bonchev–Trinajstić information content (AvgIpc) is 3.24. The van der Waals surface area contributed by atoms with Crippen LogP contribution in [-0.4, -0.2) is 47.7 Å². The molecule has 3 heterocycles. The summed E-state index contributed by atoms with van der Waals surface area (Å²) in [6, 6.07) is 4.07. The van der Waals surface area contributed by atoms with Gasteiger partial charge in [0.2, 0.25) is 5.91 Å². The molecular formula is C17H23NO4S. The van der Waals surface area contributed by atoms with Gasteiger partial charge in [-0.25, -0.2) is 0 Å². The molecule has 0 bridgehead atoms. The smallest absolute Gasteiger partial charge is 0.309 e. The molecule has 2 saturated heterocycles. The molecule has 0 saturated carbocycles. The van der Waals surface area contributed by atoms with Crippen LogP contribution in [0, 0.1) is 11.8 Å². The van der Waals surface area contributed by atoms with Crippen LogP contribution in [0.4, 0.5) is 0 Å². The van der Waals surface area contributed by atoms with Crippen molar-refractivity contribution in [2.75, 3.05) is 19.7 Å². The van der Waals surface area contributed by atoms with Gasteiger partial charge in [0.05, 0.1) is 12.0 Å². The third-order valence-electron chi connectivity index (χ3n) is 4.98. The highest BCUT2D eigenvalue weighted by molar-refractivity contribution is 7.09.